The van der Waals surface area contributed by atoms with E-state index < -0.39 is 17.5 Å². The number of nitrogens with two attached hydrogens (primary N) is 1. The van der Waals surface area contributed by atoms with Crippen LogP contribution in [0.3, 0.4) is 0 Å². The molecule has 2 aromatic rings. The Morgan fingerprint density at radius 1 is 1.24 bits per heavy atom. The molecule has 2 rings (SSSR count). The van der Waals surface area contributed by atoms with Crippen molar-refractivity contribution in [3.05, 3.63) is 47.7 Å². The summed E-state index contributed by atoms with van der Waals surface area (Å²) in [6.07, 6.45) is 0. The molecule has 0 aliphatic carbocycles. The van der Waals surface area contributed by atoms with E-state index >= 15 is 0 Å². The van der Waals surface area contributed by atoms with Crippen molar-refractivity contribution >= 4 is 17.5 Å². The average Bonchev–Trinajstić information content (AvgIpc) is 2.69. The number of rotatable bonds is 2. The molecule has 0 radical (unpaired) electrons. The molecule has 0 aliphatic rings. The van der Waals surface area contributed by atoms with Crippen LogP contribution < -0.4 is 11.1 Å². The minimum atomic E-state index is -0.863. The summed E-state index contributed by atoms with van der Waals surface area (Å²) >= 11 is 0. The highest BCUT2D eigenvalue weighted by Gasteiger charge is 2.13. The summed E-state index contributed by atoms with van der Waals surface area (Å²) < 4.78 is 30.7. The van der Waals surface area contributed by atoms with Crippen LogP contribution in [-0.4, -0.2) is 5.91 Å². The van der Waals surface area contributed by atoms with Gasteiger partial charge in [0.15, 0.2) is 11.6 Å². The maximum atomic E-state index is 13.2. The van der Waals surface area contributed by atoms with Crippen LogP contribution >= 0.6 is 0 Å². The fourth-order valence-corrected chi connectivity index (χ4v) is 1.25. The largest absolute Gasteiger partial charge is 0.436 e. The number of carbonyl (C=O) groups is 1. The van der Waals surface area contributed by atoms with Crippen molar-refractivity contribution in [2.75, 3.05) is 11.1 Å². The normalized spacial score (nSPS) is 10.2. The highest BCUT2D eigenvalue weighted by atomic mass is 19.1. The molecule has 1 aromatic carbocycles. The second-order valence-corrected chi connectivity index (χ2v) is 3.28. The molecule has 4 nitrogen and oxygen atoms in total. The van der Waals surface area contributed by atoms with E-state index in [1.165, 1.54) is 12.1 Å². The van der Waals surface area contributed by atoms with E-state index in [4.69, 9.17) is 10.2 Å². The fraction of sp³-hybridized carbons (Fsp3) is 0. The molecule has 1 heterocycles. The van der Waals surface area contributed by atoms with Gasteiger partial charge < -0.3 is 15.5 Å². The van der Waals surface area contributed by atoms with Gasteiger partial charge in [0, 0.05) is 12.1 Å². The van der Waals surface area contributed by atoms with E-state index in [2.05, 4.69) is 5.32 Å². The van der Waals surface area contributed by atoms with E-state index in [1.807, 2.05) is 0 Å². The number of benzene rings is 1. The molecule has 1 amide bonds. The average molecular weight is 238 g/mol. The zero-order valence-corrected chi connectivity index (χ0v) is 8.54. The maximum absolute atomic E-state index is 13.2. The SMILES string of the molecule is Nc1ccc(C(=O)Nc2ccc(F)cc2F)o1. The second kappa shape index (κ2) is 4.25. The summed E-state index contributed by atoms with van der Waals surface area (Å²) in [5.74, 6) is -2.21. The Morgan fingerprint density at radius 3 is 2.59 bits per heavy atom. The third-order valence-electron chi connectivity index (χ3n) is 2.03. The van der Waals surface area contributed by atoms with Crippen LogP contribution in [0.25, 0.3) is 0 Å². The summed E-state index contributed by atoms with van der Waals surface area (Å²) in [7, 11) is 0. The first-order chi connectivity index (χ1) is 8.06. The van der Waals surface area contributed by atoms with Gasteiger partial charge in [-0.05, 0) is 18.2 Å². The molecule has 0 fully saturated rings. The predicted octanol–water partition coefficient (Wildman–Crippen LogP) is 2.39. The van der Waals surface area contributed by atoms with Crippen LogP contribution in [-0.2, 0) is 0 Å². The van der Waals surface area contributed by atoms with E-state index in [0.29, 0.717) is 6.07 Å². The Labute approximate surface area is 95.0 Å². The van der Waals surface area contributed by atoms with Crippen LogP contribution in [0.15, 0.2) is 34.7 Å². The van der Waals surface area contributed by atoms with Gasteiger partial charge in [-0.3, -0.25) is 4.79 Å². The molecular weight excluding hydrogens is 230 g/mol. The van der Waals surface area contributed by atoms with E-state index in [1.54, 1.807) is 0 Å². The first kappa shape index (κ1) is 11.1. The Hall–Kier alpha value is -2.37. The van der Waals surface area contributed by atoms with Gasteiger partial charge in [-0.1, -0.05) is 0 Å². The van der Waals surface area contributed by atoms with Crippen LogP contribution in [0.2, 0.25) is 0 Å². The molecule has 0 saturated carbocycles. The van der Waals surface area contributed by atoms with Gasteiger partial charge >= 0.3 is 0 Å². The number of halogens is 2. The number of anilines is 2. The van der Waals surface area contributed by atoms with Gasteiger partial charge in [-0.2, -0.15) is 0 Å². The van der Waals surface area contributed by atoms with Crippen molar-refractivity contribution in [3.63, 3.8) is 0 Å². The molecule has 0 bridgehead atoms. The number of carbonyl (C=O) groups excluding carboxylic acids is 1. The van der Waals surface area contributed by atoms with Crippen molar-refractivity contribution in [2.24, 2.45) is 0 Å². The molecule has 17 heavy (non-hydrogen) atoms. The van der Waals surface area contributed by atoms with Crippen LogP contribution in [0, 0.1) is 11.6 Å². The lowest BCUT2D eigenvalue weighted by Gasteiger charge is -2.04. The molecule has 3 N–H and O–H groups in total. The lowest BCUT2D eigenvalue weighted by Crippen LogP contribution is -2.12. The number of nitrogens with one attached hydrogen (secondary N) is 1. The van der Waals surface area contributed by atoms with Crippen LogP contribution in [0.5, 0.6) is 0 Å². The highest BCUT2D eigenvalue weighted by Crippen LogP contribution is 2.17. The Kier molecular flexibility index (Phi) is 2.78. The zero-order chi connectivity index (χ0) is 12.4. The molecule has 0 saturated heterocycles. The first-order valence-electron chi connectivity index (χ1n) is 4.68. The van der Waals surface area contributed by atoms with E-state index in [9.17, 15) is 13.6 Å². The van der Waals surface area contributed by atoms with Gasteiger partial charge in [-0.25, -0.2) is 8.78 Å². The molecule has 6 heteroatoms. The number of hydrogen-bond acceptors (Lipinski definition) is 3. The summed E-state index contributed by atoms with van der Waals surface area (Å²) in [5.41, 5.74) is 5.16. The van der Waals surface area contributed by atoms with Crippen molar-refractivity contribution < 1.29 is 18.0 Å². The smallest absolute Gasteiger partial charge is 0.291 e. The number of furan rings is 1. The van der Waals surface area contributed by atoms with Crippen molar-refractivity contribution in [1.29, 1.82) is 0 Å². The maximum Gasteiger partial charge on any atom is 0.291 e. The summed E-state index contributed by atoms with van der Waals surface area (Å²) in [5, 5.41) is 2.24. The minimum absolute atomic E-state index is 0.0498. The van der Waals surface area contributed by atoms with Gasteiger partial charge in [0.05, 0.1) is 5.69 Å². The Balaban J connectivity index is 2.18. The van der Waals surface area contributed by atoms with Gasteiger partial charge in [0.25, 0.3) is 5.91 Å². The summed E-state index contributed by atoms with van der Waals surface area (Å²) in [4.78, 5) is 11.5. The third-order valence-corrected chi connectivity index (χ3v) is 2.03. The predicted molar refractivity (Wildman–Crippen MR) is 57.4 cm³/mol. The quantitative estimate of drug-likeness (QED) is 0.844. The lowest BCUT2D eigenvalue weighted by atomic mass is 10.3. The Morgan fingerprint density at radius 2 is 2.00 bits per heavy atom. The lowest BCUT2D eigenvalue weighted by molar-refractivity contribution is 0.0997. The van der Waals surface area contributed by atoms with Crippen LogP contribution in [0.1, 0.15) is 10.6 Å². The minimum Gasteiger partial charge on any atom is -0.436 e. The summed E-state index contributed by atoms with van der Waals surface area (Å²) in [6.45, 7) is 0. The van der Waals surface area contributed by atoms with Crippen molar-refractivity contribution in [1.82, 2.24) is 0 Å². The molecule has 88 valence electrons. The molecular formula is C11H8F2N2O2. The number of amides is 1. The molecule has 0 aliphatic heterocycles. The van der Waals surface area contributed by atoms with Gasteiger partial charge in [0.1, 0.15) is 11.6 Å². The van der Waals surface area contributed by atoms with Gasteiger partial charge in [-0.15, -0.1) is 0 Å². The molecule has 0 unspecified atom stereocenters. The van der Waals surface area contributed by atoms with E-state index in [-0.39, 0.29) is 17.3 Å². The highest BCUT2D eigenvalue weighted by molar-refractivity contribution is 6.02. The molecule has 1 aromatic heterocycles. The van der Waals surface area contributed by atoms with Crippen molar-refractivity contribution in [3.8, 4) is 0 Å². The monoisotopic (exact) mass is 238 g/mol. The zero-order valence-electron chi connectivity index (χ0n) is 8.54. The summed E-state index contributed by atoms with van der Waals surface area (Å²) in [6, 6.07) is 5.58. The first-order valence-corrected chi connectivity index (χ1v) is 4.68. The third kappa shape index (κ3) is 2.41. The fourth-order valence-electron chi connectivity index (χ4n) is 1.25. The van der Waals surface area contributed by atoms with Crippen molar-refractivity contribution in [2.45, 2.75) is 0 Å². The van der Waals surface area contributed by atoms with Crippen LogP contribution in [0.4, 0.5) is 20.4 Å². The standard InChI is InChI=1S/C11H8F2N2O2/c12-6-1-2-8(7(13)5-6)15-11(16)9-3-4-10(14)17-9/h1-5H,14H2,(H,15,16). The number of hydrogen-bond donors (Lipinski definition) is 2. The van der Waals surface area contributed by atoms with Gasteiger partial charge in [0.2, 0.25) is 0 Å². The number of nitrogen functional groups attached to an aromatic ring is 1. The second-order valence-electron chi connectivity index (χ2n) is 3.28. The molecule has 0 spiro atoms. The topological polar surface area (TPSA) is 68.3 Å². The molecule has 0 atom stereocenters. The van der Waals surface area contributed by atoms with E-state index in [0.717, 1.165) is 12.1 Å². The Bertz CT molecular complexity index is 566.